The summed E-state index contributed by atoms with van der Waals surface area (Å²) in [6.45, 7) is 2.82. The van der Waals surface area contributed by atoms with Crippen LogP contribution in [0.25, 0.3) is 22.7 Å². The molecule has 6 rings (SSSR count). The fourth-order valence-corrected chi connectivity index (χ4v) is 4.99. The van der Waals surface area contributed by atoms with Gasteiger partial charge in [0.05, 0.1) is 18.3 Å². The third-order valence-electron chi connectivity index (χ3n) is 6.52. The van der Waals surface area contributed by atoms with Crippen LogP contribution < -0.4 is 0 Å². The van der Waals surface area contributed by atoms with E-state index >= 15 is 0 Å². The van der Waals surface area contributed by atoms with Gasteiger partial charge in [0, 0.05) is 29.2 Å². The zero-order valence-corrected chi connectivity index (χ0v) is 17.2. The number of rotatable bonds is 2. The first-order valence-corrected chi connectivity index (χ1v) is 10.5. The SMILES string of the molecule is Cc1ccc(C2=Cc3c(c4ccccc4n3C)[C@H]3OC[C@@H](c4ccccc4)N23)cc1. The van der Waals surface area contributed by atoms with Gasteiger partial charge in [-0.1, -0.05) is 78.4 Å². The van der Waals surface area contributed by atoms with Crippen LogP contribution >= 0.6 is 0 Å². The summed E-state index contributed by atoms with van der Waals surface area (Å²) >= 11 is 0. The Bertz CT molecular complexity index is 1270. The predicted octanol–water partition coefficient (Wildman–Crippen LogP) is 6.07. The summed E-state index contributed by atoms with van der Waals surface area (Å²) < 4.78 is 8.82. The molecule has 0 saturated carbocycles. The molecule has 1 aromatic heterocycles. The van der Waals surface area contributed by atoms with Crippen LogP contribution in [0.4, 0.5) is 0 Å². The number of benzene rings is 3. The van der Waals surface area contributed by atoms with Crippen molar-refractivity contribution in [1.82, 2.24) is 9.47 Å². The minimum Gasteiger partial charge on any atom is -0.351 e. The number of nitrogens with zero attached hydrogens (tertiary/aromatic N) is 2. The van der Waals surface area contributed by atoms with Crippen LogP contribution in [0.5, 0.6) is 0 Å². The van der Waals surface area contributed by atoms with Crippen LogP contribution in [-0.2, 0) is 11.8 Å². The van der Waals surface area contributed by atoms with E-state index in [0.29, 0.717) is 6.61 Å². The molecular weight excluding hydrogens is 368 g/mol. The van der Waals surface area contributed by atoms with Crippen molar-refractivity contribution in [1.29, 1.82) is 0 Å². The zero-order valence-electron chi connectivity index (χ0n) is 17.2. The molecule has 4 aromatic rings. The Hall–Kier alpha value is -3.30. The summed E-state index contributed by atoms with van der Waals surface area (Å²) in [4.78, 5) is 2.48. The van der Waals surface area contributed by atoms with Crippen LogP contribution in [0.15, 0.2) is 78.9 Å². The average Bonchev–Trinajstić information content (AvgIpc) is 3.35. The zero-order chi connectivity index (χ0) is 20.2. The van der Waals surface area contributed by atoms with Crippen molar-refractivity contribution in [2.24, 2.45) is 7.05 Å². The molecule has 3 aromatic carbocycles. The molecule has 30 heavy (non-hydrogen) atoms. The smallest absolute Gasteiger partial charge is 0.159 e. The van der Waals surface area contributed by atoms with E-state index in [-0.39, 0.29) is 12.3 Å². The van der Waals surface area contributed by atoms with Crippen LogP contribution in [0.1, 0.15) is 40.2 Å². The van der Waals surface area contributed by atoms with E-state index in [4.69, 9.17) is 4.74 Å². The number of fused-ring (bicyclic) bond motifs is 5. The number of ether oxygens (including phenoxy) is 1. The first kappa shape index (κ1) is 17.5. The maximum atomic E-state index is 6.52. The van der Waals surface area contributed by atoms with Gasteiger partial charge in [0.2, 0.25) is 0 Å². The van der Waals surface area contributed by atoms with Gasteiger partial charge < -0.3 is 14.2 Å². The third-order valence-corrected chi connectivity index (χ3v) is 6.52. The quantitative estimate of drug-likeness (QED) is 0.412. The van der Waals surface area contributed by atoms with Gasteiger partial charge in [0.1, 0.15) is 0 Å². The van der Waals surface area contributed by atoms with Gasteiger partial charge in [0.25, 0.3) is 0 Å². The van der Waals surface area contributed by atoms with Gasteiger partial charge >= 0.3 is 0 Å². The summed E-state index contributed by atoms with van der Waals surface area (Å²) in [6.07, 6.45) is 2.26. The number of aromatic nitrogens is 1. The lowest BCUT2D eigenvalue weighted by molar-refractivity contribution is 0.0582. The summed E-state index contributed by atoms with van der Waals surface area (Å²) in [7, 11) is 2.16. The Morgan fingerprint density at radius 3 is 2.40 bits per heavy atom. The second kappa shape index (κ2) is 6.61. The maximum absolute atomic E-state index is 6.52. The second-order valence-corrected chi connectivity index (χ2v) is 8.29. The summed E-state index contributed by atoms with van der Waals surface area (Å²) in [5.41, 5.74) is 8.79. The second-order valence-electron chi connectivity index (χ2n) is 8.29. The van der Waals surface area contributed by atoms with E-state index in [1.165, 1.54) is 44.5 Å². The predicted molar refractivity (Wildman–Crippen MR) is 122 cm³/mol. The molecule has 1 saturated heterocycles. The van der Waals surface area contributed by atoms with Crippen molar-refractivity contribution in [2.45, 2.75) is 19.2 Å². The van der Waals surface area contributed by atoms with Crippen LogP contribution in [-0.4, -0.2) is 16.1 Å². The Morgan fingerprint density at radius 2 is 1.60 bits per heavy atom. The topological polar surface area (TPSA) is 17.4 Å². The summed E-state index contributed by atoms with van der Waals surface area (Å²) in [6, 6.07) is 28.4. The van der Waals surface area contributed by atoms with Crippen molar-refractivity contribution in [3.8, 4) is 0 Å². The van der Waals surface area contributed by atoms with Crippen molar-refractivity contribution >= 4 is 22.7 Å². The molecule has 0 bridgehead atoms. The molecular formula is C27H24N2O. The molecule has 0 spiro atoms. The van der Waals surface area contributed by atoms with Crippen molar-refractivity contribution in [2.75, 3.05) is 6.61 Å². The Labute approximate surface area is 176 Å². The number of hydrogen-bond acceptors (Lipinski definition) is 2. The van der Waals surface area contributed by atoms with Gasteiger partial charge in [-0.3, -0.25) is 0 Å². The highest BCUT2D eigenvalue weighted by Gasteiger charge is 2.43. The Kier molecular flexibility index (Phi) is 3.87. The molecule has 148 valence electrons. The molecule has 0 N–H and O–H groups in total. The standard InChI is InChI=1S/C27H24N2O/c1-18-12-14-20(15-13-18)23-16-24-26(21-10-6-7-11-22(21)28(24)2)27-29(23)25(17-30-27)19-8-4-3-5-9-19/h3-16,25,27H,17H2,1-2H3/t25-,27+/m0/s1. The lowest BCUT2D eigenvalue weighted by atomic mass is 9.96. The minimum atomic E-state index is -0.0855. The van der Waals surface area contributed by atoms with Crippen LogP contribution in [0.2, 0.25) is 0 Å². The Morgan fingerprint density at radius 1 is 0.867 bits per heavy atom. The molecule has 2 aliphatic heterocycles. The highest BCUT2D eigenvalue weighted by Crippen LogP contribution is 2.51. The van der Waals surface area contributed by atoms with Gasteiger partial charge in [-0.2, -0.15) is 0 Å². The largest absolute Gasteiger partial charge is 0.351 e. The fraction of sp³-hybridized carbons (Fsp3) is 0.185. The molecule has 1 fully saturated rings. The highest BCUT2D eigenvalue weighted by molar-refractivity contribution is 5.94. The number of para-hydroxylation sites is 1. The third kappa shape index (κ3) is 2.49. The molecule has 3 heteroatoms. The lowest BCUT2D eigenvalue weighted by Crippen LogP contribution is -2.28. The maximum Gasteiger partial charge on any atom is 0.159 e. The number of aryl methyl sites for hydroxylation is 2. The van der Waals surface area contributed by atoms with Gasteiger partial charge in [-0.05, 0) is 30.2 Å². The van der Waals surface area contributed by atoms with Crippen molar-refractivity contribution in [3.63, 3.8) is 0 Å². The van der Waals surface area contributed by atoms with E-state index in [2.05, 4.69) is 108 Å². The Balaban J connectivity index is 1.60. The van der Waals surface area contributed by atoms with Crippen molar-refractivity contribution < 1.29 is 4.74 Å². The molecule has 0 unspecified atom stereocenters. The summed E-state index contributed by atoms with van der Waals surface area (Å²) in [5.74, 6) is 0. The first-order chi connectivity index (χ1) is 14.7. The molecule has 0 aliphatic carbocycles. The van der Waals surface area contributed by atoms with E-state index < -0.39 is 0 Å². The minimum absolute atomic E-state index is 0.0855. The fourth-order valence-electron chi connectivity index (χ4n) is 4.99. The van der Waals surface area contributed by atoms with E-state index in [9.17, 15) is 0 Å². The van der Waals surface area contributed by atoms with Crippen LogP contribution in [0.3, 0.4) is 0 Å². The molecule has 0 amide bonds. The first-order valence-electron chi connectivity index (χ1n) is 10.5. The van der Waals surface area contributed by atoms with E-state index in [1.54, 1.807) is 0 Å². The molecule has 2 aliphatic rings. The normalized spacial score (nSPS) is 20.2. The molecule has 3 heterocycles. The number of hydrogen-bond donors (Lipinski definition) is 0. The van der Waals surface area contributed by atoms with Crippen LogP contribution in [0, 0.1) is 6.92 Å². The molecule has 2 atom stereocenters. The van der Waals surface area contributed by atoms with Gasteiger partial charge in [-0.25, -0.2) is 0 Å². The van der Waals surface area contributed by atoms with Gasteiger partial charge in [0.15, 0.2) is 6.23 Å². The van der Waals surface area contributed by atoms with E-state index in [0.717, 1.165) is 0 Å². The monoisotopic (exact) mass is 392 g/mol. The summed E-state index contributed by atoms with van der Waals surface area (Å²) in [5, 5.41) is 1.28. The average molecular weight is 393 g/mol. The van der Waals surface area contributed by atoms with Crippen molar-refractivity contribution in [3.05, 3.63) is 107 Å². The van der Waals surface area contributed by atoms with E-state index in [1.807, 2.05) is 0 Å². The highest BCUT2D eigenvalue weighted by atomic mass is 16.5. The van der Waals surface area contributed by atoms with Gasteiger partial charge in [-0.15, -0.1) is 0 Å². The molecule has 0 radical (unpaired) electrons. The lowest BCUT2D eigenvalue weighted by Gasteiger charge is -2.36. The molecule has 3 nitrogen and oxygen atoms in total.